The van der Waals surface area contributed by atoms with Crippen LogP contribution < -0.4 is 0 Å². The van der Waals surface area contributed by atoms with E-state index >= 15 is 0 Å². The number of pyridine rings is 1. The zero-order chi connectivity index (χ0) is 16.4. The van der Waals surface area contributed by atoms with Crippen LogP contribution in [0.15, 0.2) is 37.1 Å². The predicted octanol–water partition coefficient (Wildman–Crippen LogP) is 3.45. The molecule has 1 aliphatic heterocycles. The van der Waals surface area contributed by atoms with Crippen LogP contribution in [-0.4, -0.2) is 37.9 Å². The van der Waals surface area contributed by atoms with Crippen LogP contribution in [0.2, 0.25) is 0 Å². The second-order valence-electron chi connectivity index (χ2n) is 6.98. The van der Waals surface area contributed by atoms with Gasteiger partial charge in [-0.3, -0.25) is 9.36 Å². The third-order valence-electron chi connectivity index (χ3n) is 5.52. The van der Waals surface area contributed by atoms with Gasteiger partial charge in [-0.2, -0.15) is 0 Å². The molecule has 1 atom stereocenters. The van der Waals surface area contributed by atoms with Crippen LogP contribution >= 0.6 is 0 Å². The second kappa shape index (κ2) is 6.75. The molecule has 2 fully saturated rings. The van der Waals surface area contributed by atoms with Crippen molar-refractivity contribution >= 4 is 5.91 Å². The molecule has 126 valence electrons. The van der Waals surface area contributed by atoms with Crippen LogP contribution in [0, 0.1) is 5.92 Å². The Morgan fingerprint density at radius 1 is 1.08 bits per heavy atom. The summed E-state index contributed by atoms with van der Waals surface area (Å²) in [7, 11) is 0. The minimum Gasteiger partial charge on any atom is -0.335 e. The summed E-state index contributed by atoms with van der Waals surface area (Å²) in [5.41, 5.74) is 0.733. The molecule has 4 rings (SSSR count). The molecule has 1 aliphatic carbocycles. The molecule has 3 heterocycles. The van der Waals surface area contributed by atoms with Crippen LogP contribution in [0.3, 0.4) is 0 Å². The van der Waals surface area contributed by atoms with Crippen molar-refractivity contribution in [1.82, 2.24) is 19.4 Å². The van der Waals surface area contributed by atoms with Gasteiger partial charge in [-0.15, -0.1) is 0 Å². The van der Waals surface area contributed by atoms with Crippen molar-refractivity contribution in [3.8, 4) is 5.82 Å². The SMILES string of the molecule is O=C(c1ccnc(-n2ccnc2)c1)N1CCC[C@H]1C1CCCCC1. The maximum absolute atomic E-state index is 13.1. The number of amides is 1. The van der Waals surface area contributed by atoms with E-state index in [-0.39, 0.29) is 5.91 Å². The van der Waals surface area contributed by atoms with Crippen molar-refractivity contribution in [3.05, 3.63) is 42.6 Å². The van der Waals surface area contributed by atoms with Gasteiger partial charge in [-0.1, -0.05) is 19.3 Å². The number of hydrogen-bond donors (Lipinski definition) is 0. The smallest absolute Gasteiger partial charge is 0.254 e. The van der Waals surface area contributed by atoms with Crippen LogP contribution in [0.5, 0.6) is 0 Å². The molecule has 0 aromatic carbocycles. The molecule has 2 aromatic heterocycles. The molecular weight excluding hydrogens is 300 g/mol. The minimum absolute atomic E-state index is 0.159. The molecule has 2 aliphatic rings. The highest BCUT2D eigenvalue weighted by Crippen LogP contribution is 2.35. The average molecular weight is 324 g/mol. The first-order valence-corrected chi connectivity index (χ1v) is 9.08. The molecule has 1 saturated heterocycles. The molecule has 24 heavy (non-hydrogen) atoms. The zero-order valence-electron chi connectivity index (χ0n) is 14.0. The fourth-order valence-corrected chi connectivity index (χ4v) is 4.31. The molecule has 5 nitrogen and oxygen atoms in total. The fraction of sp³-hybridized carbons (Fsp3) is 0.526. The maximum atomic E-state index is 13.1. The number of carbonyl (C=O) groups excluding carboxylic acids is 1. The molecule has 1 amide bonds. The molecule has 1 saturated carbocycles. The predicted molar refractivity (Wildman–Crippen MR) is 92.0 cm³/mol. The number of aromatic nitrogens is 3. The summed E-state index contributed by atoms with van der Waals surface area (Å²) in [6, 6.07) is 4.14. The van der Waals surface area contributed by atoms with Crippen molar-refractivity contribution in [1.29, 1.82) is 0 Å². The molecule has 0 bridgehead atoms. The van der Waals surface area contributed by atoms with Gasteiger partial charge in [0.15, 0.2) is 0 Å². The Balaban J connectivity index is 1.55. The van der Waals surface area contributed by atoms with Gasteiger partial charge >= 0.3 is 0 Å². The lowest BCUT2D eigenvalue weighted by molar-refractivity contribution is 0.0661. The van der Waals surface area contributed by atoms with E-state index in [1.807, 2.05) is 22.9 Å². The quantitative estimate of drug-likeness (QED) is 0.869. The van der Waals surface area contributed by atoms with Gasteiger partial charge in [0, 0.05) is 36.7 Å². The number of hydrogen-bond acceptors (Lipinski definition) is 3. The number of carbonyl (C=O) groups is 1. The summed E-state index contributed by atoms with van der Waals surface area (Å²) in [6.07, 6.45) is 15.8. The molecule has 2 aromatic rings. The second-order valence-corrected chi connectivity index (χ2v) is 6.98. The van der Waals surface area contributed by atoms with E-state index in [1.54, 1.807) is 18.7 Å². The fourth-order valence-electron chi connectivity index (χ4n) is 4.31. The average Bonchev–Trinajstić information content (AvgIpc) is 3.34. The highest BCUT2D eigenvalue weighted by atomic mass is 16.2. The van der Waals surface area contributed by atoms with E-state index in [4.69, 9.17) is 0 Å². The van der Waals surface area contributed by atoms with Crippen LogP contribution in [-0.2, 0) is 0 Å². The van der Waals surface area contributed by atoms with Crippen molar-refractivity contribution < 1.29 is 4.79 Å². The third-order valence-corrected chi connectivity index (χ3v) is 5.52. The normalized spacial score (nSPS) is 22.0. The summed E-state index contributed by atoms with van der Waals surface area (Å²) in [5.74, 6) is 1.60. The minimum atomic E-state index is 0.159. The van der Waals surface area contributed by atoms with Gasteiger partial charge in [0.2, 0.25) is 0 Å². The van der Waals surface area contributed by atoms with Crippen molar-refractivity contribution in [2.24, 2.45) is 5.92 Å². The number of nitrogens with zero attached hydrogens (tertiary/aromatic N) is 4. The summed E-state index contributed by atoms with van der Waals surface area (Å²) in [4.78, 5) is 23.6. The largest absolute Gasteiger partial charge is 0.335 e. The molecule has 5 heteroatoms. The van der Waals surface area contributed by atoms with E-state index in [9.17, 15) is 4.79 Å². The molecule has 0 spiro atoms. The summed E-state index contributed by atoms with van der Waals surface area (Å²) in [6.45, 7) is 0.892. The Bertz CT molecular complexity index is 691. The van der Waals surface area contributed by atoms with Crippen LogP contribution in [0.1, 0.15) is 55.3 Å². The van der Waals surface area contributed by atoms with E-state index < -0.39 is 0 Å². The first kappa shape index (κ1) is 15.4. The molecule has 0 N–H and O–H groups in total. The highest BCUT2D eigenvalue weighted by molar-refractivity contribution is 5.95. The van der Waals surface area contributed by atoms with Crippen molar-refractivity contribution in [3.63, 3.8) is 0 Å². The Hall–Kier alpha value is -2.17. The summed E-state index contributed by atoms with van der Waals surface area (Å²) >= 11 is 0. The van der Waals surface area contributed by atoms with Crippen molar-refractivity contribution in [2.75, 3.05) is 6.54 Å². The zero-order valence-corrected chi connectivity index (χ0v) is 14.0. The molecule has 0 radical (unpaired) electrons. The molecular formula is C19H24N4O. The number of rotatable bonds is 3. The first-order valence-electron chi connectivity index (χ1n) is 9.08. The molecule has 0 unspecified atom stereocenters. The van der Waals surface area contributed by atoms with E-state index in [0.29, 0.717) is 12.0 Å². The maximum Gasteiger partial charge on any atom is 0.254 e. The van der Waals surface area contributed by atoms with Crippen LogP contribution in [0.25, 0.3) is 5.82 Å². The summed E-state index contributed by atoms with van der Waals surface area (Å²) in [5, 5.41) is 0. The first-order chi connectivity index (χ1) is 11.8. The summed E-state index contributed by atoms with van der Waals surface area (Å²) < 4.78 is 1.83. The Morgan fingerprint density at radius 3 is 2.75 bits per heavy atom. The lowest BCUT2D eigenvalue weighted by atomic mass is 9.83. The number of imidazole rings is 1. The van der Waals surface area contributed by atoms with Gasteiger partial charge in [-0.25, -0.2) is 9.97 Å². The monoisotopic (exact) mass is 324 g/mol. The van der Waals surface area contributed by atoms with Crippen molar-refractivity contribution in [2.45, 2.75) is 51.0 Å². The van der Waals surface area contributed by atoms with Crippen LogP contribution in [0.4, 0.5) is 0 Å². The van der Waals surface area contributed by atoms with E-state index in [0.717, 1.165) is 30.8 Å². The number of likely N-dealkylation sites (tertiary alicyclic amines) is 1. The van der Waals surface area contributed by atoms with Gasteiger partial charge in [-0.05, 0) is 43.7 Å². The van der Waals surface area contributed by atoms with Gasteiger partial charge in [0.25, 0.3) is 5.91 Å². The van der Waals surface area contributed by atoms with Gasteiger partial charge in [0.05, 0.1) is 0 Å². The topological polar surface area (TPSA) is 51.0 Å². The lowest BCUT2D eigenvalue weighted by Gasteiger charge is -2.34. The highest BCUT2D eigenvalue weighted by Gasteiger charge is 2.35. The Kier molecular flexibility index (Phi) is 4.32. The Labute approximate surface area is 142 Å². The third kappa shape index (κ3) is 2.95. The standard InChI is InChI=1S/C19H24N4O/c24-19(16-8-9-21-18(13-16)22-12-10-20-14-22)23-11-4-7-17(23)15-5-2-1-3-6-15/h8-10,12-15,17H,1-7,11H2/t17-/m0/s1. The lowest BCUT2D eigenvalue weighted by Crippen LogP contribution is -2.40. The van der Waals surface area contributed by atoms with Gasteiger partial charge < -0.3 is 4.90 Å². The van der Waals surface area contributed by atoms with Gasteiger partial charge in [0.1, 0.15) is 12.1 Å². The Morgan fingerprint density at radius 2 is 1.96 bits per heavy atom. The van der Waals surface area contributed by atoms with E-state index in [2.05, 4.69) is 14.9 Å². The van der Waals surface area contributed by atoms with E-state index in [1.165, 1.54) is 32.1 Å².